The van der Waals surface area contributed by atoms with Gasteiger partial charge < -0.3 is 5.11 Å². The maximum Gasteiger partial charge on any atom is 0.391 e. The first-order valence-electron chi connectivity index (χ1n) is 3.75. The van der Waals surface area contributed by atoms with Crippen LogP contribution in [0.15, 0.2) is 0 Å². The molecule has 0 aromatic heterocycles. The van der Waals surface area contributed by atoms with Crippen LogP contribution in [0, 0.1) is 5.92 Å². The van der Waals surface area contributed by atoms with Crippen molar-refractivity contribution in [1.29, 1.82) is 0 Å². The topological polar surface area (TPSA) is 20.2 Å². The van der Waals surface area contributed by atoms with E-state index in [1.54, 1.807) is 0 Å². The Balaban J connectivity index is 2.46. The lowest BCUT2D eigenvalue weighted by atomic mass is 9.87. The van der Waals surface area contributed by atoms with E-state index in [4.69, 9.17) is 5.11 Å². The van der Waals surface area contributed by atoms with E-state index in [1.807, 2.05) is 0 Å². The Labute approximate surface area is 63.2 Å². The summed E-state index contributed by atoms with van der Waals surface area (Å²) < 4.78 is 36.0. The standard InChI is InChI=1S/C7H11F3O/c8-7(9,10)5-2-1-3-6(11)4-5/h5-6,11H,1-4H2/t5-,6-/m0/s1. The van der Waals surface area contributed by atoms with Crippen LogP contribution in [0.1, 0.15) is 25.7 Å². The molecular formula is C7H11F3O. The second-order valence-corrected chi connectivity index (χ2v) is 3.06. The Kier molecular flexibility index (Phi) is 2.42. The van der Waals surface area contributed by atoms with Crippen LogP contribution in [0.5, 0.6) is 0 Å². The van der Waals surface area contributed by atoms with Crippen LogP contribution in [0.4, 0.5) is 13.2 Å². The zero-order valence-electron chi connectivity index (χ0n) is 6.06. The third-order valence-corrected chi connectivity index (χ3v) is 2.11. The molecule has 0 saturated heterocycles. The Morgan fingerprint density at radius 2 is 1.82 bits per heavy atom. The minimum atomic E-state index is -4.11. The first kappa shape index (κ1) is 8.84. The minimum absolute atomic E-state index is 0.108. The molecule has 11 heavy (non-hydrogen) atoms. The summed E-state index contributed by atoms with van der Waals surface area (Å²) in [7, 11) is 0. The van der Waals surface area contributed by atoms with Gasteiger partial charge in [0.1, 0.15) is 0 Å². The van der Waals surface area contributed by atoms with Gasteiger partial charge in [0.25, 0.3) is 0 Å². The van der Waals surface area contributed by atoms with Gasteiger partial charge in [0.15, 0.2) is 0 Å². The Hall–Kier alpha value is -0.250. The summed E-state index contributed by atoms with van der Waals surface area (Å²) in [6.07, 6.45) is -3.76. The van der Waals surface area contributed by atoms with Crippen molar-refractivity contribution >= 4 is 0 Å². The summed E-state index contributed by atoms with van der Waals surface area (Å²) in [6.45, 7) is 0. The van der Waals surface area contributed by atoms with Crippen LogP contribution in [0.25, 0.3) is 0 Å². The zero-order chi connectivity index (χ0) is 8.48. The Morgan fingerprint density at radius 3 is 2.18 bits per heavy atom. The molecule has 1 saturated carbocycles. The number of rotatable bonds is 0. The highest BCUT2D eigenvalue weighted by molar-refractivity contribution is 4.76. The summed E-state index contributed by atoms with van der Waals surface area (Å²) in [5.74, 6) is -1.27. The SMILES string of the molecule is O[C@H]1CCC[C@H](C(F)(F)F)C1. The average Bonchev–Trinajstić information content (AvgIpc) is 1.86. The number of halogens is 3. The molecule has 1 aliphatic carbocycles. The second kappa shape index (κ2) is 3.01. The van der Waals surface area contributed by atoms with Crippen LogP contribution in [-0.2, 0) is 0 Å². The molecule has 0 amide bonds. The smallest absolute Gasteiger partial charge is 0.391 e. The number of hydrogen-bond donors (Lipinski definition) is 1. The highest BCUT2D eigenvalue weighted by Gasteiger charge is 2.41. The van der Waals surface area contributed by atoms with Crippen molar-refractivity contribution in [3.8, 4) is 0 Å². The molecule has 1 aliphatic rings. The first-order chi connectivity index (χ1) is 5.00. The quantitative estimate of drug-likeness (QED) is 0.587. The molecule has 1 N–H and O–H groups in total. The maximum absolute atomic E-state index is 12.0. The molecule has 0 aromatic rings. The third-order valence-electron chi connectivity index (χ3n) is 2.11. The van der Waals surface area contributed by atoms with Gasteiger partial charge in [0, 0.05) is 0 Å². The molecule has 1 nitrogen and oxygen atoms in total. The normalized spacial score (nSPS) is 33.8. The van der Waals surface area contributed by atoms with Crippen molar-refractivity contribution in [2.45, 2.75) is 38.0 Å². The summed E-state index contributed by atoms with van der Waals surface area (Å²) in [5, 5.41) is 8.94. The van der Waals surface area contributed by atoms with Gasteiger partial charge in [-0.05, 0) is 19.3 Å². The van der Waals surface area contributed by atoms with E-state index >= 15 is 0 Å². The predicted molar refractivity (Wildman–Crippen MR) is 34.0 cm³/mol. The fourth-order valence-electron chi connectivity index (χ4n) is 1.46. The third kappa shape index (κ3) is 2.36. The van der Waals surface area contributed by atoms with E-state index in [9.17, 15) is 13.2 Å². The lowest BCUT2D eigenvalue weighted by molar-refractivity contribution is -0.189. The van der Waals surface area contributed by atoms with E-state index in [2.05, 4.69) is 0 Å². The van der Waals surface area contributed by atoms with Crippen molar-refractivity contribution in [2.75, 3.05) is 0 Å². The predicted octanol–water partition coefficient (Wildman–Crippen LogP) is 2.10. The second-order valence-electron chi connectivity index (χ2n) is 3.06. The molecule has 2 atom stereocenters. The van der Waals surface area contributed by atoms with Gasteiger partial charge >= 0.3 is 6.18 Å². The van der Waals surface area contributed by atoms with Gasteiger partial charge in [0.2, 0.25) is 0 Å². The van der Waals surface area contributed by atoms with Gasteiger partial charge in [-0.25, -0.2) is 0 Å². The van der Waals surface area contributed by atoms with Gasteiger partial charge in [-0.2, -0.15) is 13.2 Å². The molecule has 0 bridgehead atoms. The van der Waals surface area contributed by atoms with Gasteiger partial charge in [-0.1, -0.05) is 6.42 Å². The van der Waals surface area contributed by atoms with E-state index in [1.165, 1.54) is 0 Å². The summed E-state index contributed by atoms with van der Waals surface area (Å²) in [6, 6.07) is 0. The lowest BCUT2D eigenvalue weighted by Crippen LogP contribution is -2.30. The fourth-order valence-corrected chi connectivity index (χ4v) is 1.46. The number of aliphatic hydroxyl groups is 1. The van der Waals surface area contributed by atoms with Crippen LogP contribution < -0.4 is 0 Å². The van der Waals surface area contributed by atoms with Crippen molar-refractivity contribution in [1.82, 2.24) is 0 Å². The monoisotopic (exact) mass is 168 g/mol. The van der Waals surface area contributed by atoms with Gasteiger partial charge in [-0.3, -0.25) is 0 Å². The van der Waals surface area contributed by atoms with E-state index in [0.717, 1.165) is 0 Å². The van der Waals surface area contributed by atoms with Crippen molar-refractivity contribution < 1.29 is 18.3 Å². The molecular weight excluding hydrogens is 157 g/mol. The molecule has 0 aromatic carbocycles. The molecule has 1 fully saturated rings. The lowest BCUT2D eigenvalue weighted by Gasteiger charge is -2.27. The van der Waals surface area contributed by atoms with Gasteiger partial charge in [-0.15, -0.1) is 0 Å². The average molecular weight is 168 g/mol. The number of aliphatic hydroxyl groups excluding tert-OH is 1. The van der Waals surface area contributed by atoms with Crippen LogP contribution in [-0.4, -0.2) is 17.4 Å². The summed E-state index contributed by atoms with van der Waals surface area (Å²) in [5.41, 5.74) is 0. The highest BCUT2D eigenvalue weighted by Crippen LogP contribution is 2.37. The molecule has 0 heterocycles. The number of alkyl halides is 3. The highest BCUT2D eigenvalue weighted by atomic mass is 19.4. The van der Waals surface area contributed by atoms with Crippen LogP contribution in [0.3, 0.4) is 0 Å². The zero-order valence-corrected chi connectivity index (χ0v) is 6.06. The first-order valence-corrected chi connectivity index (χ1v) is 3.75. The minimum Gasteiger partial charge on any atom is -0.393 e. The van der Waals surface area contributed by atoms with E-state index in [-0.39, 0.29) is 12.8 Å². The number of hydrogen-bond acceptors (Lipinski definition) is 1. The maximum atomic E-state index is 12.0. The van der Waals surface area contributed by atoms with Crippen molar-refractivity contribution in [2.24, 2.45) is 5.92 Å². The Morgan fingerprint density at radius 1 is 1.18 bits per heavy atom. The van der Waals surface area contributed by atoms with Crippen LogP contribution in [0.2, 0.25) is 0 Å². The molecule has 0 spiro atoms. The van der Waals surface area contributed by atoms with E-state index < -0.39 is 18.2 Å². The molecule has 0 unspecified atom stereocenters. The molecule has 66 valence electrons. The fraction of sp³-hybridized carbons (Fsp3) is 1.00. The molecule has 0 radical (unpaired) electrons. The summed E-state index contributed by atoms with van der Waals surface area (Å²) in [4.78, 5) is 0. The van der Waals surface area contributed by atoms with Gasteiger partial charge in [0.05, 0.1) is 12.0 Å². The largest absolute Gasteiger partial charge is 0.393 e. The van der Waals surface area contributed by atoms with Crippen LogP contribution >= 0.6 is 0 Å². The van der Waals surface area contributed by atoms with Crippen molar-refractivity contribution in [3.05, 3.63) is 0 Å². The Bertz CT molecular complexity index is 132. The molecule has 1 rings (SSSR count). The van der Waals surface area contributed by atoms with E-state index in [0.29, 0.717) is 12.8 Å². The molecule has 4 heteroatoms. The summed E-state index contributed by atoms with van der Waals surface area (Å²) >= 11 is 0. The van der Waals surface area contributed by atoms with Crippen molar-refractivity contribution in [3.63, 3.8) is 0 Å². The molecule has 0 aliphatic heterocycles.